The summed E-state index contributed by atoms with van der Waals surface area (Å²) in [4.78, 5) is 24.3. The molecular formula is C19H29N3O4S. The molecule has 0 spiro atoms. The van der Waals surface area contributed by atoms with Crippen LogP contribution < -0.4 is 10.6 Å². The van der Waals surface area contributed by atoms with Crippen LogP contribution in [0.15, 0.2) is 29.2 Å². The first-order chi connectivity index (χ1) is 12.8. The molecule has 2 rings (SSSR count). The summed E-state index contributed by atoms with van der Waals surface area (Å²) >= 11 is 0. The van der Waals surface area contributed by atoms with Gasteiger partial charge in [-0.25, -0.2) is 8.42 Å². The first-order valence-electron chi connectivity index (χ1n) is 9.44. The Balaban J connectivity index is 2.03. The molecule has 1 aromatic rings. The van der Waals surface area contributed by atoms with Crippen molar-refractivity contribution in [2.45, 2.75) is 51.0 Å². The van der Waals surface area contributed by atoms with Crippen molar-refractivity contribution in [2.75, 3.05) is 19.6 Å². The van der Waals surface area contributed by atoms with Crippen molar-refractivity contribution >= 4 is 21.8 Å². The number of amides is 2. The normalized spacial score (nSPS) is 19.3. The first kappa shape index (κ1) is 21.4. The zero-order chi connectivity index (χ0) is 20.0. The van der Waals surface area contributed by atoms with E-state index in [1.807, 2.05) is 13.8 Å². The van der Waals surface area contributed by atoms with Crippen LogP contribution in [0.5, 0.6) is 0 Å². The molecule has 0 bridgehead atoms. The number of carbonyl (C=O) groups excluding carboxylic acids is 2. The molecule has 1 aliphatic rings. The first-order valence-corrected chi connectivity index (χ1v) is 10.9. The van der Waals surface area contributed by atoms with Gasteiger partial charge in [0.1, 0.15) is 6.04 Å². The second-order valence-electron chi connectivity index (χ2n) is 7.12. The van der Waals surface area contributed by atoms with Gasteiger partial charge in [0.15, 0.2) is 0 Å². The van der Waals surface area contributed by atoms with Gasteiger partial charge in [-0.2, -0.15) is 4.31 Å². The molecule has 1 aliphatic heterocycles. The minimum absolute atomic E-state index is 0.182. The molecule has 0 aliphatic carbocycles. The number of piperidine rings is 1. The lowest BCUT2D eigenvalue weighted by Gasteiger charge is -2.30. The highest BCUT2D eigenvalue weighted by Gasteiger charge is 2.28. The Morgan fingerprint density at radius 3 is 2.52 bits per heavy atom. The minimum atomic E-state index is -3.55. The standard InChI is InChI=1S/C19H29N3O4S/c1-4-11-20-18(23)15(3)21-19(24)16-7-9-17(10-8-16)27(25,26)22-12-5-6-14(2)13-22/h7-10,14-15H,4-6,11-13H2,1-3H3,(H,20,23)(H,21,24)/t14-,15-/m0/s1. The third-order valence-electron chi connectivity index (χ3n) is 4.66. The van der Waals surface area contributed by atoms with Crippen molar-refractivity contribution in [3.05, 3.63) is 29.8 Å². The summed E-state index contributed by atoms with van der Waals surface area (Å²) in [6.45, 7) is 7.21. The molecule has 0 aromatic heterocycles. The number of nitrogens with zero attached hydrogens (tertiary/aromatic N) is 1. The summed E-state index contributed by atoms with van der Waals surface area (Å²) in [5.41, 5.74) is 0.316. The lowest BCUT2D eigenvalue weighted by molar-refractivity contribution is -0.122. The third-order valence-corrected chi connectivity index (χ3v) is 6.54. The lowest BCUT2D eigenvalue weighted by atomic mass is 10.0. The number of hydrogen-bond donors (Lipinski definition) is 2. The van der Waals surface area contributed by atoms with Crippen molar-refractivity contribution in [3.8, 4) is 0 Å². The SMILES string of the molecule is CCCNC(=O)[C@H](C)NC(=O)c1ccc(S(=O)(=O)N2CCC[C@H](C)C2)cc1. The molecule has 0 unspecified atom stereocenters. The fourth-order valence-electron chi connectivity index (χ4n) is 3.04. The van der Waals surface area contributed by atoms with Gasteiger partial charge in [-0.3, -0.25) is 9.59 Å². The summed E-state index contributed by atoms with van der Waals surface area (Å²) < 4.78 is 27.0. The van der Waals surface area contributed by atoms with Crippen molar-refractivity contribution in [1.29, 1.82) is 0 Å². The zero-order valence-electron chi connectivity index (χ0n) is 16.2. The second kappa shape index (κ2) is 9.32. The average molecular weight is 396 g/mol. The highest BCUT2D eigenvalue weighted by atomic mass is 32.2. The quantitative estimate of drug-likeness (QED) is 0.735. The monoisotopic (exact) mass is 395 g/mol. The van der Waals surface area contributed by atoms with Crippen LogP contribution in [-0.4, -0.2) is 50.2 Å². The predicted octanol–water partition coefficient (Wildman–Crippen LogP) is 1.75. The van der Waals surface area contributed by atoms with Crippen LogP contribution in [0.25, 0.3) is 0 Å². The Morgan fingerprint density at radius 2 is 1.93 bits per heavy atom. The minimum Gasteiger partial charge on any atom is -0.354 e. The topological polar surface area (TPSA) is 95.6 Å². The Labute approximate surface area is 161 Å². The maximum atomic E-state index is 12.8. The van der Waals surface area contributed by atoms with E-state index in [0.29, 0.717) is 31.1 Å². The van der Waals surface area contributed by atoms with Crippen molar-refractivity contribution in [3.63, 3.8) is 0 Å². The summed E-state index contributed by atoms with van der Waals surface area (Å²) in [6, 6.07) is 5.19. The Kier molecular flexibility index (Phi) is 7.38. The molecule has 1 fully saturated rings. The van der Waals surface area contributed by atoms with E-state index in [1.165, 1.54) is 28.6 Å². The fraction of sp³-hybridized carbons (Fsp3) is 0.579. The number of nitrogens with one attached hydrogen (secondary N) is 2. The number of rotatable bonds is 7. The van der Waals surface area contributed by atoms with Crippen LogP contribution in [0, 0.1) is 5.92 Å². The third kappa shape index (κ3) is 5.52. The van der Waals surface area contributed by atoms with Crippen molar-refractivity contribution < 1.29 is 18.0 Å². The van der Waals surface area contributed by atoms with Gasteiger partial charge < -0.3 is 10.6 Å². The molecule has 0 saturated carbocycles. The summed E-state index contributed by atoms with van der Waals surface area (Å²) in [6.07, 6.45) is 2.71. The van der Waals surface area contributed by atoms with Crippen LogP contribution in [-0.2, 0) is 14.8 Å². The maximum Gasteiger partial charge on any atom is 0.251 e. The van der Waals surface area contributed by atoms with E-state index in [0.717, 1.165) is 19.3 Å². The summed E-state index contributed by atoms with van der Waals surface area (Å²) in [5, 5.41) is 5.34. The highest BCUT2D eigenvalue weighted by molar-refractivity contribution is 7.89. The molecule has 1 heterocycles. The van der Waals surface area contributed by atoms with Crippen LogP contribution in [0.2, 0.25) is 0 Å². The van der Waals surface area contributed by atoms with Gasteiger partial charge in [0.2, 0.25) is 15.9 Å². The van der Waals surface area contributed by atoms with E-state index in [1.54, 1.807) is 6.92 Å². The molecule has 2 atom stereocenters. The molecule has 0 radical (unpaired) electrons. The smallest absolute Gasteiger partial charge is 0.251 e. The second-order valence-corrected chi connectivity index (χ2v) is 9.06. The van der Waals surface area contributed by atoms with E-state index in [9.17, 15) is 18.0 Å². The molecule has 1 saturated heterocycles. The van der Waals surface area contributed by atoms with Gasteiger partial charge in [0.25, 0.3) is 5.91 Å². The van der Waals surface area contributed by atoms with Crippen LogP contribution >= 0.6 is 0 Å². The van der Waals surface area contributed by atoms with Crippen LogP contribution in [0.4, 0.5) is 0 Å². The fourth-order valence-corrected chi connectivity index (χ4v) is 4.64. The van der Waals surface area contributed by atoms with Gasteiger partial charge >= 0.3 is 0 Å². The molecule has 8 heteroatoms. The number of benzene rings is 1. The predicted molar refractivity (Wildman–Crippen MR) is 104 cm³/mol. The molecule has 150 valence electrons. The van der Waals surface area contributed by atoms with Crippen LogP contribution in [0.3, 0.4) is 0 Å². The number of hydrogen-bond acceptors (Lipinski definition) is 4. The van der Waals surface area contributed by atoms with Gasteiger partial charge in [0, 0.05) is 25.2 Å². The van der Waals surface area contributed by atoms with E-state index in [4.69, 9.17) is 0 Å². The van der Waals surface area contributed by atoms with Gasteiger partial charge in [-0.05, 0) is 56.4 Å². The van der Waals surface area contributed by atoms with E-state index in [2.05, 4.69) is 10.6 Å². The Morgan fingerprint density at radius 1 is 1.26 bits per heavy atom. The van der Waals surface area contributed by atoms with E-state index < -0.39 is 22.0 Å². The largest absolute Gasteiger partial charge is 0.354 e. The zero-order valence-corrected chi connectivity index (χ0v) is 17.0. The molecule has 7 nitrogen and oxygen atoms in total. The van der Waals surface area contributed by atoms with Crippen LogP contribution in [0.1, 0.15) is 50.4 Å². The molecule has 2 amide bonds. The Bertz CT molecular complexity index is 762. The van der Waals surface area contributed by atoms with Crippen molar-refractivity contribution in [1.82, 2.24) is 14.9 Å². The molecule has 1 aromatic carbocycles. The van der Waals surface area contributed by atoms with Gasteiger partial charge in [-0.15, -0.1) is 0 Å². The summed E-state index contributed by atoms with van der Waals surface area (Å²) in [5.74, 6) is -0.313. The van der Waals surface area contributed by atoms with E-state index >= 15 is 0 Å². The molecular weight excluding hydrogens is 366 g/mol. The average Bonchev–Trinajstić information content (AvgIpc) is 2.66. The molecule has 2 N–H and O–H groups in total. The van der Waals surface area contributed by atoms with E-state index in [-0.39, 0.29) is 10.8 Å². The number of carbonyl (C=O) groups is 2. The number of sulfonamides is 1. The Hall–Kier alpha value is -1.93. The maximum absolute atomic E-state index is 12.8. The van der Waals surface area contributed by atoms with Gasteiger partial charge in [0.05, 0.1) is 4.90 Å². The van der Waals surface area contributed by atoms with Gasteiger partial charge in [-0.1, -0.05) is 13.8 Å². The summed E-state index contributed by atoms with van der Waals surface area (Å²) in [7, 11) is -3.55. The lowest BCUT2D eigenvalue weighted by Crippen LogP contribution is -2.45. The highest BCUT2D eigenvalue weighted by Crippen LogP contribution is 2.23. The molecule has 27 heavy (non-hydrogen) atoms. The van der Waals surface area contributed by atoms with Crippen molar-refractivity contribution in [2.24, 2.45) is 5.92 Å².